The molecular formula is C8H15N3S. The lowest BCUT2D eigenvalue weighted by Crippen LogP contribution is -2.14. The first-order valence-electron chi connectivity index (χ1n) is 4.33. The van der Waals surface area contributed by atoms with Gasteiger partial charge in [0.1, 0.15) is 0 Å². The van der Waals surface area contributed by atoms with Crippen molar-refractivity contribution in [3.05, 3.63) is 11.1 Å². The van der Waals surface area contributed by atoms with E-state index < -0.39 is 0 Å². The van der Waals surface area contributed by atoms with Crippen molar-refractivity contribution in [3.63, 3.8) is 0 Å². The van der Waals surface area contributed by atoms with Gasteiger partial charge in [0.2, 0.25) is 0 Å². The van der Waals surface area contributed by atoms with Crippen LogP contribution in [0.5, 0.6) is 0 Å². The van der Waals surface area contributed by atoms with Crippen molar-refractivity contribution in [2.75, 3.05) is 7.05 Å². The van der Waals surface area contributed by atoms with Crippen LogP contribution >= 0.6 is 11.5 Å². The Kier molecular flexibility index (Phi) is 4.18. The molecule has 0 saturated carbocycles. The Labute approximate surface area is 77.4 Å². The Hall–Kier alpha value is -0.480. The van der Waals surface area contributed by atoms with Crippen LogP contribution in [0.4, 0.5) is 0 Å². The lowest BCUT2D eigenvalue weighted by molar-refractivity contribution is 0.529. The number of nitrogens with zero attached hydrogens (tertiary/aromatic N) is 2. The number of hydrogen-bond donors (Lipinski definition) is 1. The molecule has 1 atom stereocenters. The third-order valence-corrected chi connectivity index (χ3v) is 2.69. The topological polar surface area (TPSA) is 37.8 Å². The lowest BCUT2D eigenvalue weighted by Gasteiger charge is -2.11. The summed E-state index contributed by atoms with van der Waals surface area (Å²) in [5.74, 6) is 0. The average Bonchev–Trinajstić information content (AvgIpc) is 2.59. The fourth-order valence-corrected chi connectivity index (χ4v) is 1.81. The zero-order valence-corrected chi connectivity index (χ0v) is 8.40. The summed E-state index contributed by atoms with van der Waals surface area (Å²) in [4.78, 5) is 1.24. The summed E-state index contributed by atoms with van der Waals surface area (Å²) in [6, 6.07) is 0.449. The van der Waals surface area contributed by atoms with E-state index in [1.54, 1.807) is 0 Å². The number of hydrogen-bond acceptors (Lipinski definition) is 4. The summed E-state index contributed by atoms with van der Waals surface area (Å²) >= 11 is 1.48. The zero-order chi connectivity index (χ0) is 8.81. The maximum atomic E-state index is 3.85. The molecule has 1 unspecified atom stereocenters. The molecule has 1 aromatic rings. The third-order valence-electron chi connectivity index (χ3n) is 1.92. The van der Waals surface area contributed by atoms with Crippen molar-refractivity contribution in [2.24, 2.45) is 0 Å². The maximum Gasteiger partial charge on any atom is 0.0669 e. The molecule has 0 spiro atoms. The molecule has 0 bridgehead atoms. The molecule has 4 heteroatoms. The molecule has 0 aliphatic heterocycles. The first-order valence-corrected chi connectivity index (χ1v) is 5.10. The van der Waals surface area contributed by atoms with Crippen LogP contribution < -0.4 is 5.32 Å². The molecule has 1 rings (SSSR count). The summed E-state index contributed by atoms with van der Waals surface area (Å²) in [6.07, 6.45) is 5.52. The number of unbranched alkanes of at least 4 members (excludes halogenated alkanes) is 1. The van der Waals surface area contributed by atoms with E-state index >= 15 is 0 Å². The normalized spacial score (nSPS) is 13.2. The largest absolute Gasteiger partial charge is 0.312 e. The predicted octanol–water partition coefficient (Wildman–Crippen LogP) is 1.99. The minimum absolute atomic E-state index is 0.449. The van der Waals surface area contributed by atoms with Crippen molar-refractivity contribution in [3.8, 4) is 0 Å². The molecule has 12 heavy (non-hydrogen) atoms. The molecular weight excluding hydrogens is 170 g/mol. The molecule has 0 aliphatic rings. The van der Waals surface area contributed by atoms with Gasteiger partial charge in [-0.25, -0.2) is 0 Å². The van der Waals surface area contributed by atoms with E-state index in [1.807, 2.05) is 13.2 Å². The van der Waals surface area contributed by atoms with Crippen molar-refractivity contribution in [2.45, 2.75) is 32.2 Å². The summed E-state index contributed by atoms with van der Waals surface area (Å²) in [6.45, 7) is 2.21. The first kappa shape index (κ1) is 9.61. The second-order valence-electron chi connectivity index (χ2n) is 2.80. The molecule has 0 amide bonds. The highest BCUT2D eigenvalue weighted by Crippen LogP contribution is 2.20. The number of nitrogens with one attached hydrogen (secondary N) is 1. The van der Waals surface area contributed by atoms with Gasteiger partial charge >= 0.3 is 0 Å². The predicted molar refractivity (Wildman–Crippen MR) is 51.2 cm³/mol. The van der Waals surface area contributed by atoms with Gasteiger partial charge in [0, 0.05) is 6.04 Å². The molecule has 0 saturated heterocycles. The van der Waals surface area contributed by atoms with Crippen LogP contribution in [0.2, 0.25) is 0 Å². The highest BCUT2D eigenvalue weighted by Gasteiger charge is 2.09. The monoisotopic (exact) mass is 185 g/mol. The van der Waals surface area contributed by atoms with E-state index in [1.165, 1.54) is 35.7 Å². The van der Waals surface area contributed by atoms with Gasteiger partial charge in [-0.3, -0.25) is 0 Å². The quantitative estimate of drug-likeness (QED) is 0.762. The average molecular weight is 185 g/mol. The van der Waals surface area contributed by atoms with Crippen LogP contribution in [-0.2, 0) is 0 Å². The first-order chi connectivity index (χ1) is 5.88. The second-order valence-corrected chi connectivity index (χ2v) is 3.62. The van der Waals surface area contributed by atoms with Gasteiger partial charge in [-0.1, -0.05) is 24.3 Å². The van der Waals surface area contributed by atoms with Crippen molar-refractivity contribution in [1.82, 2.24) is 14.9 Å². The highest BCUT2D eigenvalue weighted by atomic mass is 32.1. The molecule has 1 heterocycles. The summed E-state index contributed by atoms with van der Waals surface area (Å²) < 4.78 is 3.85. The van der Waals surface area contributed by atoms with E-state index in [0.29, 0.717) is 6.04 Å². The van der Waals surface area contributed by atoms with E-state index in [4.69, 9.17) is 0 Å². The van der Waals surface area contributed by atoms with Crippen molar-refractivity contribution >= 4 is 11.5 Å². The molecule has 68 valence electrons. The molecule has 0 radical (unpaired) electrons. The van der Waals surface area contributed by atoms with E-state index in [0.717, 1.165) is 0 Å². The van der Waals surface area contributed by atoms with Gasteiger partial charge in [-0.15, -0.1) is 5.10 Å². The van der Waals surface area contributed by atoms with E-state index in [9.17, 15) is 0 Å². The minimum atomic E-state index is 0.449. The molecule has 0 fully saturated rings. The fraction of sp³-hybridized carbons (Fsp3) is 0.750. The molecule has 0 aromatic carbocycles. The molecule has 1 N–H and O–H groups in total. The third kappa shape index (κ3) is 2.53. The van der Waals surface area contributed by atoms with Crippen LogP contribution in [0.3, 0.4) is 0 Å². The van der Waals surface area contributed by atoms with Gasteiger partial charge in [0.05, 0.1) is 11.1 Å². The van der Waals surface area contributed by atoms with Gasteiger partial charge in [-0.2, -0.15) is 0 Å². The van der Waals surface area contributed by atoms with Gasteiger partial charge in [0.25, 0.3) is 0 Å². The highest BCUT2D eigenvalue weighted by molar-refractivity contribution is 7.05. The Morgan fingerprint density at radius 1 is 1.67 bits per heavy atom. The van der Waals surface area contributed by atoms with Crippen molar-refractivity contribution < 1.29 is 0 Å². The van der Waals surface area contributed by atoms with Crippen LogP contribution in [0.15, 0.2) is 6.20 Å². The van der Waals surface area contributed by atoms with E-state index in [2.05, 4.69) is 21.8 Å². The summed E-state index contributed by atoms with van der Waals surface area (Å²) in [5.41, 5.74) is 0. The van der Waals surface area contributed by atoms with Gasteiger partial charge in [0.15, 0.2) is 0 Å². The summed E-state index contributed by atoms with van der Waals surface area (Å²) in [5, 5.41) is 7.10. The SMILES string of the molecule is CCCCC(NC)c1cnns1. The number of rotatable bonds is 5. The molecule has 3 nitrogen and oxygen atoms in total. The Balaban J connectivity index is 2.45. The number of aromatic nitrogens is 2. The van der Waals surface area contributed by atoms with Crippen LogP contribution in [-0.4, -0.2) is 16.6 Å². The maximum absolute atomic E-state index is 3.85. The van der Waals surface area contributed by atoms with Crippen LogP contribution in [0.1, 0.15) is 37.1 Å². The van der Waals surface area contributed by atoms with E-state index in [-0.39, 0.29) is 0 Å². The Morgan fingerprint density at radius 3 is 3.00 bits per heavy atom. The minimum Gasteiger partial charge on any atom is -0.312 e. The zero-order valence-electron chi connectivity index (χ0n) is 7.58. The van der Waals surface area contributed by atoms with Gasteiger partial charge in [-0.05, 0) is 25.0 Å². The molecule has 0 aliphatic carbocycles. The standard InChI is InChI=1S/C8H15N3S/c1-3-4-5-7(9-2)8-6-10-11-12-8/h6-7,9H,3-5H2,1-2H3. The second kappa shape index (κ2) is 5.22. The van der Waals surface area contributed by atoms with Crippen LogP contribution in [0, 0.1) is 0 Å². The van der Waals surface area contributed by atoms with Crippen molar-refractivity contribution in [1.29, 1.82) is 0 Å². The Morgan fingerprint density at radius 2 is 2.50 bits per heavy atom. The molecule has 1 aromatic heterocycles. The van der Waals surface area contributed by atoms with Gasteiger partial charge < -0.3 is 5.32 Å². The smallest absolute Gasteiger partial charge is 0.0669 e. The Bertz CT molecular complexity index is 198. The summed E-state index contributed by atoms with van der Waals surface area (Å²) in [7, 11) is 1.99. The van der Waals surface area contributed by atoms with Crippen LogP contribution in [0.25, 0.3) is 0 Å². The lowest BCUT2D eigenvalue weighted by atomic mass is 10.1. The fourth-order valence-electron chi connectivity index (χ4n) is 1.17.